The molecule has 0 bridgehead atoms. The van der Waals surface area contributed by atoms with Crippen molar-refractivity contribution >= 4 is 18.0 Å². The van der Waals surface area contributed by atoms with E-state index in [1.54, 1.807) is 27.7 Å². The van der Waals surface area contributed by atoms with Gasteiger partial charge >= 0.3 is 12.1 Å². The van der Waals surface area contributed by atoms with Crippen LogP contribution in [0.4, 0.5) is 4.79 Å². The van der Waals surface area contributed by atoms with Gasteiger partial charge in [0.1, 0.15) is 11.6 Å². The van der Waals surface area contributed by atoms with Gasteiger partial charge in [-0.05, 0) is 33.3 Å². The average Bonchev–Trinajstić information content (AvgIpc) is 2.58. The van der Waals surface area contributed by atoms with E-state index < -0.39 is 35.7 Å². The Morgan fingerprint density at radius 3 is 2.30 bits per heavy atom. The van der Waals surface area contributed by atoms with Gasteiger partial charge in [-0.1, -0.05) is 36.4 Å². The van der Waals surface area contributed by atoms with Crippen molar-refractivity contribution in [3.8, 4) is 0 Å². The van der Waals surface area contributed by atoms with Crippen LogP contribution in [-0.2, 0) is 25.5 Å². The first-order valence-corrected chi connectivity index (χ1v) is 8.70. The van der Waals surface area contributed by atoms with Gasteiger partial charge in [-0.2, -0.15) is 0 Å². The molecule has 0 spiro atoms. The Labute approximate surface area is 160 Å². The van der Waals surface area contributed by atoms with Crippen LogP contribution in [0.1, 0.15) is 33.3 Å². The highest BCUT2D eigenvalue weighted by Gasteiger charge is 2.21. The monoisotopic (exact) mass is 376 g/mol. The maximum Gasteiger partial charge on any atom is 0.408 e. The number of benzene rings is 1. The first-order chi connectivity index (χ1) is 12.6. The van der Waals surface area contributed by atoms with Crippen LogP contribution in [0.2, 0.25) is 0 Å². The summed E-state index contributed by atoms with van der Waals surface area (Å²) in [7, 11) is 1.27. The average molecular weight is 376 g/mol. The van der Waals surface area contributed by atoms with E-state index in [-0.39, 0.29) is 0 Å². The Bertz CT molecular complexity index is 665. The number of carbonyl (C=O) groups excluding carboxylic acids is 3. The number of nitrogens with one attached hydrogen (secondary N) is 2. The molecule has 0 saturated heterocycles. The third-order valence-corrected chi connectivity index (χ3v) is 3.37. The zero-order valence-corrected chi connectivity index (χ0v) is 16.4. The number of carbonyl (C=O) groups is 3. The van der Waals surface area contributed by atoms with Crippen LogP contribution >= 0.6 is 0 Å². The summed E-state index contributed by atoms with van der Waals surface area (Å²) in [6.07, 6.45) is 2.52. The van der Waals surface area contributed by atoms with Crippen molar-refractivity contribution in [3.63, 3.8) is 0 Å². The molecule has 1 aromatic carbocycles. The van der Waals surface area contributed by atoms with Crippen molar-refractivity contribution < 1.29 is 23.9 Å². The Morgan fingerprint density at radius 1 is 1.11 bits per heavy atom. The molecule has 0 radical (unpaired) electrons. The second-order valence-electron chi connectivity index (χ2n) is 7.07. The molecule has 7 nitrogen and oxygen atoms in total. The maximum absolute atomic E-state index is 12.1. The Hall–Kier alpha value is -2.83. The van der Waals surface area contributed by atoms with E-state index in [0.29, 0.717) is 6.42 Å². The van der Waals surface area contributed by atoms with Crippen LogP contribution < -0.4 is 10.6 Å². The predicted octanol–water partition coefficient (Wildman–Crippen LogP) is 2.36. The van der Waals surface area contributed by atoms with Crippen LogP contribution in [-0.4, -0.2) is 42.8 Å². The molecule has 0 aromatic heterocycles. The number of rotatable bonds is 7. The molecule has 2 amide bonds. The molecule has 0 aliphatic rings. The number of hydrogen-bond acceptors (Lipinski definition) is 5. The van der Waals surface area contributed by atoms with E-state index in [9.17, 15) is 14.4 Å². The van der Waals surface area contributed by atoms with Gasteiger partial charge in [0.15, 0.2) is 0 Å². The molecule has 1 rings (SSSR count). The van der Waals surface area contributed by atoms with Crippen molar-refractivity contribution in [1.82, 2.24) is 10.6 Å². The summed E-state index contributed by atoms with van der Waals surface area (Å²) in [5, 5.41) is 5.22. The Balaban J connectivity index is 2.61. The van der Waals surface area contributed by atoms with Gasteiger partial charge in [0, 0.05) is 18.5 Å². The van der Waals surface area contributed by atoms with Crippen molar-refractivity contribution in [2.75, 3.05) is 7.11 Å². The van der Waals surface area contributed by atoms with Gasteiger partial charge in [0.2, 0.25) is 5.91 Å². The molecule has 1 aromatic rings. The predicted molar refractivity (Wildman–Crippen MR) is 102 cm³/mol. The van der Waals surface area contributed by atoms with Gasteiger partial charge in [0.25, 0.3) is 0 Å². The SMILES string of the molecule is COC(=O)[C@H](Cc1ccccc1)NC(=O)/C=C\[C@H](C)NC(=O)OC(C)(C)C. The van der Waals surface area contributed by atoms with Crippen molar-refractivity contribution in [3.05, 3.63) is 48.0 Å². The normalized spacial score (nSPS) is 13.5. The molecule has 7 heteroatoms. The maximum atomic E-state index is 12.1. The van der Waals surface area contributed by atoms with E-state index in [1.807, 2.05) is 30.3 Å². The minimum atomic E-state index is -0.802. The summed E-state index contributed by atoms with van der Waals surface area (Å²) in [4.78, 5) is 35.8. The van der Waals surface area contributed by atoms with E-state index in [2.05, 4.69) is 10.6 Å². The summed E-state index contributed by atoms with van der Waals surface area (Å²) in [5.74, 6) is -0.986. The topological polar surface area (TPSA) is 93.7 Å². The third kappa shape index (κ3) is 9.44. The molecule has 0 unspecified atom stereocenters. The number of ether oxygens (including phenoxy) is 2. The summed E-state index contributed by atoms with van der Waals surface area (Å²) >= 11 is 0. The second-order valence-corrected chi connectivity index (χ2v) is 7.07. The van der Waals surface area contributed by atoms with Crippen LogP contribution in [0.5, 0.6) is 0 Å². The molecule has 148 valence electrons. The van der Waals surface area contributed by atoms with Gasteiger partial charge in [0.05, 0.1) is 7.11 Å². The van der Waals surface area contributed by atoms with Gasteiger partial charge in [-0.3, -0.25) is 4.79 Å². The van der Waals surface area contributed by atoms with E-state index in [4.69, 9.17) is 9.47 Å². The van der Waals surface area contributed by atoms with Gasteiger partial charge in [-0.25, -0.2) is 9.59 Å². The molecule has 2 N–H and O–H groups in total. The minimum absolute atomic E-state index is 0.318. The number of methoxy groups -OCH3 is 1. The largest absolute Gasteiger partial charge is 0.467 e. The van der Waals surface area contributed by atoms with Crippen LogP contribution in [0.25, 0.3) is 0 Å². The number of esters is 1. The molecule has 0 heterocycles. The first-order valence-electron chi connectivity index (χ1n) is 8.70. The number of alkyl carbamates (subject to hydrolysis) is 1. The van der Waals surface area contributed by atoms with Crippen molar-refractivity contribution in [1.29, 1.82) is 0 Å². The highest BCUT2D eigenvalue weighted by atomic mass is 16.6. The van der Waals surface area contributed by atoms with Crippen LogP contribution in [0.3, 0.4) is 0 Å². The third-order valence-electron chi connectivity index (χ3n) is 3.37. The summed E-state index contributed by atoms with van der Waals surface area (Å²) in [5.41, 5.74) is 0.299. The second kappa shape index (κ2) is 10.4. The lowest BCUT2D eigenvalue weighted by molar-refractivity contribution is -0.144. The van der Waals surface area contributed by atoms with Crippen LogP contribution in [0, 0.1) is 0 Å². The zero-order chi connectivity index (χ0) is 20.4. The molecule has 27 heavy (non-hydrogen) atoms. The first kappa shape index (κ1) is 22.2. The highest BCUT2D eigenvalue weighted by Crippen LogP contribution is 2.07. The van der Waals surface area contributed by atoms with Gasteiger partial charge < -0.3 is 20.1 Å². The standard InChI is InChI=1S/C20H28N2O5/c1-14(21-19(25)27-20(2,3)4)11-12-17(23)22-16(18(24)26-5)13-15-9-7-6-8-10-15/h6-12,14,16H,13H2,1-5H3,(H,21,25)(H,22,23)/b12-11-/t14-,16-/m0/s1. The summed E-state index contributed by atoms with van der Waals surface area (Å²) in [6.45, 7) is 7.00. The van der Waals surface area contributed by atoms with E-state index in [0.717, 1.165) is 5.56 Å². The fourth-order valence-electron chi connectivity index (χ4n) is 2.18. The Morgan fingerprint density at radius 2 is 1.74 bits per heavy atom. The van der Waals surface area contributed by atoms with Crippen molar-refractivity contribution in [2.24, 2.45) is 0 Å². The van der Waals surface area contributed by atoms with E-state index in [1.165, 1.54) is 19.3 Å². The van der Waals surface area contributed by atoms with E-state index >= 15 is 0 Å². The molecule has 0 aliphatic heterocycles. The minimum Gasteiger partial charge on any atom is -0.467 e. The molecular formula is C20H28N2O5. The lowest BCUT2D eigenvalue weighted by atomic mass is 10.1. The molecule has 0 fully saturated rings. The smallest absolute Gasteiger partial charge is 0.408 e. The lowest BCUT2D eigenvalue weighted by Gasteiger charge is -2.21. The zero-order valence-electron chi connectivity index (χ0n) is 16.4. The molecular weight excluding hydrogens is 348 g/mol. The van der Waals surface area contributed by atoms with Crippen LogP contribution in [0.15, 0.2) is 42.5 Å². The fraction of sp³-hybridized carbons (Fsp3) is 0.450. The lowest BCUT2D eigenvalue weighted by Crippen LogP contribution is -2.42. The number of hydrogen-bond donors (Lipinski definition) is 2. The summed E-state index contributed by atoms with van der Waals surface area (Å²) in [6, 6.07) is 8.09. The number of amides is 2. The summed E-state index contributed by atoms with van der Waals surface area (Å²) < 4.78 is 9.91. The quantitative estimate of drug-likeness (QED) is 0.563. The highest BCUT2D eigenvalue weighted by molar-refractivity contribution is 5.91. The molecule has 0 aliphatic carbocycles. The molecule has 2 atom stereocenters. The Kier molecular flexibility index (Phi) is 8.51. The van der Waals surface area contributed by atoms with Crippen molar-refractivity contribution in [2.45, 2.75) is 51.8 Å². The molecule has 0 saturated carbocycles. The van der Waals surface area contributed by atoms with Gasteiger partial charge in [-0.15, -0.1) is 0 Å². The fourth-order valence-corrected chi connectivity index (χ4v) is 2.18.